The first kappa shape index (κ1) is 25.0. The lowest BCUT2D eigenvalue weighted by atomic mass is 9.93. The van der Waals surface area contributed by atoms with Crippen molar-refractivity contribution in [3.8, 4) is 16.9 Å². The van der Waals surface area contributed by atoms with E-state index in [2.05, 4.69) is 5.32 Å². The van der Waals surface area contributed by atoms with Crippen LogP contribution in [0, 0.1) is 5.41 Å². The molecule has 10 heteroatoms. The number of hydrogen-bond donors (Lipinski definition) is 5. The molecule has 0 unspecified atom stereocenters. The maximum Gasteiger partial charge on any atom is 0.336 e. The van der Waals surface area contributed by atoms with Crippen LogP contribution in [0.25, 0.3) is 22.0 Å². The van der Waals surface area contributed by atoms with Crippen LogP contribution in [0.2, 0.25) is 0 Å². The van der Waals surface area contributed by atoms with Crippen molar-refractivity contribution in [1.29, 1.82) is 5.41 Å². The molecule has 0 aliphatic heterocycles. The number of nitrogens with two attached hydrogens (primary N) is 1. The van der Waals surface area contributed by atoms with Crippen LogP contribution in [-0.2, 0) is 11.3 Å². The molecule has 0 fully saturated rings. The zero-order valence-electron chi connectivity index (χ0n) is 19.8. The Labute approximate surface area is 211 Å². The van der Waals surface area contributed by atoms with Gasteiger partial charge in [-0.1, -0.05) is 6.07 Å². The summed E-state index contributed by atoms with van der Waals surface area (Å²) in [5.74, 6) is -2.60. The van der Waals surface area contributed by atoms with Crippen LogP contribution in [0.1, 0.15) is 31.8 Å². The standard InChI is InChI=1S/C27H24N4O6/c1-37-19-5-6-20(22(12-19)27(35)36)21-11-17(26(34)30-13-24(32)33)2-3-18(21)14-31-9-8-15-10-16(25(28)29)4-7-23(15)31/h2-12H,13-14H2,1H3,(H3,28,29)(H,30,34)(H,32,33)(H,35,36). The molecule has 0 radical (unpaired) electrons. The predicted molar refractivity (Wildman–Crippen MR) is 137 cm³/mol. The summed E-state index contributed by atoms with van der Waals surface area (Å²) in [7, 11) is 1.44. The first-order valence-electron chi connectivity index (χ1n) is 11.2. The van der Waals surface area contributed by atoms with Gasteiger partial charge in [0.05, 0.1) is 12.7 Å². The number of aliphatic carboxylic acids is 1. The molecular formula is C27H24N4O6. The van der Waals surface area contributed by atoms with E-state index < -0.39 is 24.4 Å². The third-order valence-electron chi connectivity index (χ3n) is 5.94. The van der Waals surface area contributed by atoms with E-state index in [0.29, 0.717) is 29.0 Å². The second-order valence-corrected chi connectivity index (χ2v) is 8.30. The second kappa shape index (κ2) is 10.2. The largest absolute Gasteiger partial charge is 0.497 e. The lowest BCUT2D eigenvalue weighted by Crippen LogP contribution is -2.29. The van der Waals surface area contributed by atoms with Crippen molar-refractivity contribution in [1.82, 2.24) is 9.88 Å². The molecule has 1 amide bonds. The minimum absolute atomic E-state index is 0.00726. The Balaban J connectivity index is 1.83. The highest BCUT2D eigenvalue weighted by Gasteiger charge is 2.19. The summed E-state index contributed by atoms with van der Waals surface area (Å²) in [6.07, 6.45) is 1.87. The smallest absolute Gasteiger partial charge is 0.336 e. The summed E-state index contributed by atoms with van der Waals surface area (Å²) in [6, 6.07) is 16.8. The highest BCUT2D eigenvalue weighted by atomic mass is 16.5. The van der Waals surface area contributed by atoms with Crippen molar-refractivity contribution in [3.63, 3.8) is 0 Å². The third kappa shape index (κ3) is 5.27. The number of aromatic carboxylic acids is 1. The van der Waals surface area contributed by atoms with E-state index in [1.54, 1.807) is 36.4 Å². The van der Waals surface area contributed by atoms with Gasteiger partial charge in [0, 0.05) is 34.8 Å². The van der Waals surface area contributed by atoms with E-state index in [4.69, 9.17) is 21.0 Å². The summed E-state index contributed by atoms with van der Waals surface area (Å²) in [5, 5.41) is 29.7. The van der Waals surface area contributed by atoms with Crippen LogP contribution in [0.15, 0.2) is 66.9 Å². The molecule has 0 atom stereocenters. The molecule has 4 rings (SSSR count). The van der Waals surface area contributed by atoms with Crippen molar-refractivity contribution < 1.29 is 29.3 Å². The van der Waals surface area contributed by atoms with Crippen LogP contribution in [0.5, 0.6) is 5.75 Å². The van der Waals surface area contributed by atoms with Gasteiger partial charge in [-0.15, -0.1) is 0 Å². The Hall–Kier alpha value is -5.12. The van der Waals surface area contributed by atoms with Crippen LogP contribution in [0.4, 0.5) is 0 Å². The highest BCUT2D eigenvalue weighted by Crippen LogP contribution is 2.32. The SMILES string of the molecule is COc1ccc(-c2cc(C(=O)NCC(=O)O)ccc2Cn2ccc3cc(C(=N)N)ccc32)c(C(=O)O)c1. The van der Waals surface area contributed by atoms with Gasteiger partial charge in [0.1, 0.15) is 18.1 Å². The molecule has 37 heavy (non-hydrogen) atoms. The summed E-state index contributed by atoms with van der Waals surface area (Å²) in [4.78, 5) is 35.6. The van der Waals surface area contributed by atoms with Crippen LogP contribution < -0.4 is 15.8 Å². The number of methoxy groups -OCH3 is 1. The lowest BCUT2D eigenvalue weighted by Gasteiger charge is -2.16. The molecule has 0 saturated carbocycles. The Morgan fingerprint density at radius 1 is 0.973 bits per heavy atom. The maximum atomic E-state index is 12.6. The van der Waals surface area contributed by atoms with Gasteiger partial charge in [0.25, 0.3) is 5.91 Å². The quantitative estimate of drug-likeness (QED) is 0.174. The molecule has 10 nitrogen and oxygen atoms in total. The number of ether oxygens (including phenoxy) is 1. The van der Waals surface area contributed by atoms with E-state index in [1.165, 1.54) is 13.2 Å². The molecule has 1 heterocycles. The number of hydrogen-bond acceptors (Lipinski definition) is 5. The molecule has 4 aromatic rings. The minimum atomic E-state index is -1.18. The van der Waals surface area contributed by atoms with E-state index in [-0.39, 0.29) is 17.0 Å². The van der Waals surface area contributed by atoms with Gasteiger partial charge < -0.3 is 30.6 Å². The summed E-state index contributed by atoms with van der Waals surface area (Å²) >= 11 is 0. The molecule has 0 bridgehead atoms. The van der Waals surface area contributed by atoms with E-state index >= 15 is 0 Å². The summed E-state index contributed by atoms with van der Waals surface area (Å²) < 4.78 is 7.16. The molecule has 6 N–H and O–H groups in total. The van der Waals surface area contributed by atoms with Crippen LogP contribution in [0.3, 0.4) is 0 Å². The summed E-state index contributed by atoms with van der Waals surface area (Å²) in [6.45, 7) is -0.198. The van der Waals surface area contributed by atoms with Gasteiger partial charge in [-0.05, 0) is 71.3 Å². The van der Waals surface area contributed by atoms with Crippen LogP contribution in [-0.4, -0.2) is 52.1 Å². The maximum absolute atomic E-state index is 12.6. The first-order valence-corrected chi connectivity index (χ1v) is 11.2. The molecule has 0 aliphatic rings. The molecule has 0 saturated heterocycles. The average Bonchev–Trinajstić information content (AvgIpc) is 3.28. The Kier molecular flexibility index (Phi) is 6.92. The number of aromatic nitrogens is 1. The van der Waals surface area contributed by atoms with E-state index in [9.17, 15) is 19.5 Å². The fraction of sp³-hybridized carbons (Fsp3) is 0.111. The van der Waals surface area contributed by atoms with Crippen molar-refractivity contribution in [2.24, 2.45) is 5.73 Å². The molecule has 1 aromatic heterocycles. The van der Waals surface area contributed by atoms with Gasteiger partial charge in [0.15, 0.2) is 0 Å². The van der Waals surface area contributed by atoms with Gasteiger partial charge in [-0.2, -0.15) is 0 Å². The minimum Gasteiger partial charge on any atom is -0.497 e. The number of amides is 1. The number of fused-ring (bicyclic) bond motifs is 1. The van der Waals surface area contributed by atoms with Crippen molar-refractivity contribution >= 4 is 34.6 Å². The van der Waals surface area contributed by atoms with Gasteiger partial charge in [-0.3, -0.25) is 15.0 Å². The van der Waals surface area contributed by atoms with E-state index in [0.717, 1.165) is 16.5 Å². The number of carboxylic acid groups (broad SMARTS) is 2. The molecule has 3 aromatic carbocycles. The monoisotopic (exact) mass is 500 g/mol. The Morgan fingerprint density at radius 3 is 2.41 bits per heavy atom. The van der Waals surface area contributed by atoms with Gasteiger partial charge >= 0.3 is 11.9 Å². The fourth-order valence-corrected chi connectivity index (χ4v) is 4.12. The number of nitrogen functional groups attached to an aromatic ring is 1. The molecule has 188 valence electrons. The normalized spacial score (nSPS) is 10.7. The zero-order chi connectivity index (χ0) is 26.7. The lowest BCUT2D eigenvalue weighted by molar-refractivity contribution is -0.135. The molecule has 0 aliphatic carbocycles. The van der Waals surface area contributed by atoms with Gasteiger partial charge in [-0.25, -0.2) is 4.79 Å². The van der Waals surface area contributed by atoms with Crippen LogP contribution >= 0.6 is 0 Å². The van der Waals surface area contributed by atoms with Crippen molar-refractivity contribution in [2.75, 3.05) is 13.7 Å². The Bertz CT molecular complexity index is 1560. The third-order valence-corrected chi connectivity index (χ3v) is 5.94. The molecule has 0 spiro atoms. The first-order chi connectivity index (χ1) is 17.7. The molecular weight excluding hydrogens is 476 g/mol. The number of nitrogens with zero attached hydrogens (tertiary/aromatic N) is 1. The number of carboxylic acids is 2. The average molecular weight is 501 g/mol. The summed E-state index contributed by atoms with van der Waals surface area (Å²) in [5.41, 5.74) is 8.90. The number of benzene rings is 3. The number of amidine groups is 1. The fourth-order valence-electron chi connectivity index (χ4n) is 4.12. The number of nitrogens with one attached hydrogen (secondary N) is 2. The van der Waals surface area contributed by atoms with Crippen molar-refractivity contribution in [3.05, 3.63) is 89.1 Å². The number of rotatable bonds is 9. The topological polar surface area (TPSA) is 168 Å². The van der Waals surface area contributed by atoms with E-state index in [1.807, 2.05) is 29.0 Å². The Morgan fingerprint density at radius 2 is 1.73 bits per heavy atom. The second-order valence-electron chi connectivity index (χ2n) is 8.30. The van der Waals surface area contributed by atoms with Gasteiger partial charge in [0.2, 0.25) is 0 Å². The number of carbonyl (C=O) groups is 3. The van der Waals surface area contributed by atoms with Crippen molar-refractivity contribution in [2.45, 2.75) is 6.54 Å². The highest BCUT2D eigenvalue weighted by molar-refractivity contribution is 6.01. The zero-order valence-corrected chi connectivity index (χ0v) is 19.8. The predicted octanol–water partition coefficient (Wildman–Crippen LogP) is 3.16. The number of carbonyl (C=O) groups excluding carboxylic acids is 1.